The zero-order valence-electron chi connectivity index (χ0n) is 13.6. The molecule has 0 spiro atoms. The van der Waals surface area contributed by atoms with E-state index < -0.39 is 6.10 Å². The predicted octanol–water partition coefficient (Wildman–Crippen LogP) is 4.23. The lowest BCUT2D eigenvalue weighted by atomic mass is 9.95. The van der Waals surface area contributed by atoms with Gasteiger partial charge in [-0.2, -0.15) is 0 Å². The van der Waals surface area contributed by atoms with Crippen molar-refractivity contribution in [2.45, 2.75) is 40.2 Å². The number of rotatable bonds is 5. The lowest BCUT2D eigenvalue weighted by molar-refractivity contribution is 0.0786. The normalized spacial score (nSPS) is 12.0. The number of anilines is 1. The third kappa shape index (κ3) is 3.48. The number of Topliss-reactive ketones (excluding diaryl/α,β-unsaturated/α-hetero) is 1. The van der Waals surface area contributed by atoms with Crippen molar-refractivity contribution in [2.24, 2.45) is 0 Å². The molecule has 0 amide bonds. The van der Waals surface area contributed by atoms with Gasteiger partial charge in [-0.1, -0.05) is 13.0 Å². The van der Waals surface area contributed by atoms with E-state index in [-0.39, 0.29) is 5.78 Å². The highest BCUT2D eigenvalue weighted by Crippen LogP contribution is 2.21. The molecule has 116 valence electrons. The van der Waals surface area contributed by atoms with Gasteiger partial charge in [0.05, 0.1) is 0 Å². The van der Waals surface area contributed by atoms with Crippen LogP contribution < -0.4 is 10.5 Å². The van der Waals surface area contributed by atoms with Gasteiger partial charge in [0.25, 0.3) is 0 Å². The fourth-order valence-corrected chi connectivity index (χ4v) is 2.43. The predicted molar refractivity (Wildman–Crippen MR) is 90.5 cm³/mol. The highest BCUT2D eigenvalue weighted by Gasteiger charge is 2.22. The van der Waals surface area contributed by atoms with Crippen LogP contribution in [0.1, 0.15) is 40.4 Å². The first-order valence-corrected chi connectivity index (χ1v) is 7.56. The molecule has 0 saturated heterocycles. The molecule has 22 heavy (non-hydrogen) atoms. The lowest BCUT2D eigenvalue weighted by Crippen LogP contribution is -2.27. The fraction of sp³-hybridized carbons (Fsp3) is 0.316. The molecule has 0 aliphatic rings. The number of nitrogen functional groups attached to an aromatic ring is 1. The molecule has 0 bridgehead atoms. The van der Waals surface area contributed by atoms with E-state index in [0.717, 1.165) is 16.7 Å². The van der Waals surface area contributed by atoms with Crippen molar-refractivity contribution >= 4 is 11.5 Å². The highest BCUT2D eigenvalue weighted by molar-refractivity contribution is 6.01. The van der Waals surface area contributed by atoms with E-state index >= 15 is 0 Å². The molecule has 1 atom stereocenters. The maximum absolute atomic E-state index is 12.8. The van der Waals surface area contributed by atoms with Crippen molar-refractivity contribution in [1.29, 1.82) is 0 Å². The van der Waals surface area contributed by atoms with E-state index in [2.05, 4.69) is 13.0 Å². The number of hydrogen-bond donors (Lipinski definition) is 1. The molecule has 0 aromatic heterocycles. The topological polar surface area (TPSA) is 52.3 Å². The van der Waals surface area contributed by atoms with Gasteiger partial charge in [-0.15, -0.1) is 0 Å². The van der Waals surface area contributed by atoms with Gasteiger partial charge >= 0.3 is 0 Å². The summed E-state index contributed by atoms with van der Waals surface area (Å²) in [6, 6.07) is 11.1. The largest absolute Gasteiger partial charge is 0.482 e. The number of benzene rings is 2. The fourth-order valence-electron chi connectivity index (χ4n) is 2.43. The van der Waals surface area contributed by atoms with Crippen molar-refractivity contribution in [3.8, 4) is 5.75 Å². The van der Waals surface area contributed by atoms with Crippen LogP contribution in [-0.4, -0.2) is 11.9 Å². The van der Waals surface area contributed by atoms with Crippen LogP contribution in [0.25, 0.3) is 0 Å². The summed E-state index contributed by atoms with van der Waals surface area (Å²) in [5.41, 5.74) is 10.4. The van der Waals surface area contributed by atoms with Crippen LogP contribution in [0.5, 0.6) is 5.75 Å². The van der Waals surface area contributed by atoms with Crippen LogP contribution >= 0.6 is 0 Å². The van der Waals surface area contributed by atoms with Crippen LogP contribution in [-0.2, 0) is 0 Å². The molecule has 2 N–H and O–H groups in total. The molecule has 2 aromatic carbocycles. The molecular weight excluding hydrogens is 274 g/mol. The molecule has 0 fully saturated rings. The summed E-state index contributed by atoms with van der Waals surface area (Å²) < 4.78 is 5.85. The molecule has 0 aliphatic carbocycles. The second kappa shape index (κ2) is 6.65. The summed E-state index contributed by atoms with van der Waals surface area (Å²) in [6.45, 7) is 8.00. The molecular formula is C19H23NO2. The van der Waals surface area contributed by atoms with Gasteiger partial charge in [0.1, 0.15) is 5.75 Å². The summed E-state index contributed by atoms with van der Waals surface area (Å²) in [5, 5.41) is 0. The SMILES string of the molecule is CCC(Oc1ccc(N)cc1)C(=O)c1cc(C)c(C)cc1C. The second-order valence-corrected chi connectivity index (χ2v) is 5.70. The van der Waals surface area contributed by atoms with E-state index in [1.165, 1.54) is 5.56 Å². The number of aryl methyl sites for hydroxylation is 3. The van der Waals surface area contributed by atoms with Crippen LogP contribution in [0, 0.1) is 20.8 Å². The van der Waals surface area contributed by atoms with E-state index in [0.29, 0.717) is 17.9 Å². The van der Waals surface area contributed by atoms with Gasteiger partial charge in [-0.3, -0.25) is 4.79 Å². The standard InChI is InChI=1S/C19H23NO2/c1-5-18(22-16-8-6-15(20)7-9-16)19(21)17-11-13(3)12(2)10-14(17)4/h6-11,18H,5,20H2,1-4H3. The first-order chi connectivity index (χ1) is 10.4. The molecule has 0 heterocycles. The van der Waals surface area contributed by atoms with Crippen molar-refractivity contribution in [3.05, 3.63) is 58.7 Å². The van der Waals surface area contributed by atoms with Crippen molar-refractivity contribution in [3.63, 3.8) is 0 Å². The third-order valence-corrected chi connectivity index (χ3v) is 3.93. The molecule has 2 rings (SSSR count). The number of carbonyl (C=O) groups excluding carboxylic acids is 1. The van der Waals surface area contributed by atoms with E-state index in [9.17, 15) is 4.79 Å². The zero-order valence-corrected chi connectivity index (χ0v) is 13.6. The van der Waals surface area contributed by atoms with Gasteiger partial charge < -0.3 is 10.5 Å². The summed E-state index contributed by atoms with van der Waals surface area (Å²) >= 11 is 0. The molecule has 3 nitrogen and oxygen atoms in total. The molecule has 0 aliphatic heterocycles. The summed E-state index contributed by atoms with van der Waals surface area (Å²) in [7, 11) is 0. The Morgan fingerprint density at radius 1 is 1.05 bits per heavy atom. The summed E-state index contributed by atoms with van der Waals surface area (Å²) in [5.74, 6) is 0.691. The molecule has 0 radical (unpaired) electrons. The number of carbonyl (C=O) groups is 1. The number of hydrogen-bond acceptors (Lipinski definition) is 3. The first-order valence-electron chi connectivity index (χ1n) is 7.56. The Hall–Kier alpha value is -2.29. The molecule has 0 saturated carbocycles. The average Bonchev–Trinajstić information content (AvgIpc) is 2.49. The summed E-state index contributed by atoms with van der Waals surface area (Å²) in [6.07, 6.45) is 0.139. The van der Waals surface area contributed by atoms with Crippen LogP contribution in [0.3, 0.4) is 0 Å². The smallest absolute Gasteiger partial charge is 0.203 e. The van der Waals surface area contributed by atoms with E-state index in [1.807, 2.05) is 26.8 Å². The average molecular weight is 297 g/mol. The quantitative estimate of drug-likeness (QED) is 0.663. The van der Waals surface area contributed by atoms with Crippen molar-refractivity contribution < 1.29 is 9.53 Å². The third-order valence-electron chi connectivity index (χ3n) is 3.93. The van der Waals surface area contributed by atoms with Gasteiger partial charge in [0.15, 0.2) is 6.10 Å². The Morgan fingerprint density at radius 3 is 2.23 bits per heavy atom. The monoisotopic (exact) mass is 297 g/mol. The van der Waals surface area contributed by atoms with Crippen molar-refractivity contribution in [2.75, 3.05) is 5.73 Å². The minimum atomic E-state index is -0.482. The Labute approximate surface area is 132 Å². The lowest BCUT2D eigenvalue weighted by Gasteiger charge is -2.18. The summed E-state index contributed by atoms with van der Waals surface area (Å²) in [4.78, 5) is 12.8. The van der Waals surface area contributed by atoms with Crippen LogP contribution in [0.15, 0.2) is 36.4 Å². The molecule has 3 heteroatoms. The van der Waals surface area contributed by atoms with Gasteiger partial charge in [0, 0.05) is 11.3 Å². The number of nitrogens with two attached hydrogens (primary N) is 1. The Bertz CT molecular complexity index is 675. The van der Waals surface area contributed by atoms with Gasteiger partial charge in [-0.05, 0) is 74.2 Å². The molecule has 2 aromatic rings. The minimum absolute atomic E-state index is 0.0277. The number of ether oxygens (including phenoxy) is 1. The van der Waals surface area contributed by atoms with Crippen LogP contribution in [0.4, 0.5) is 5.69 Å². The van der Waals surface area contributed by atoms with Crippen molar-refractivity contribution in [1.82, 2.24) is 0 Å². The van der Waals surface area contributed by atoms with Gasteiger partial charge in [-0.25, -0.2) is 0 Å². The van der Waals surface area contributed by atoms with E-state index in [1.54, 1.807) is 24.3 Å². The van der Waals surface area contributed by atoms with E-state index in [4.69, 9.17) is 10.5 Å². The number of ketones is 1. The minimum Gasteiger partial charge on any atom is -0.482 e. The highest BCUT2D eigenvalue weighted by atomic mass is 16.5. The molecule has 1 unspecified atom stereocenters. The second-order valence-electron chi connectivity index (χ2n) is 5.70. The Morgan fingerprint density at radius 2 is 1.64 bits per heavy atom. The first kappa shape index (κ1) is 16.1. The maximum atomic E-state index is 12.8. The maximum Gasteiger partial charge on any atom is 0.203 e. The Balaban J connectivity index is 2.25. The zero-order chi connectivity index (χ0) is 16.3. The van der Waals surface area contributed by atoms with Gasteiger partial charge in [0.2, 0.25) is 5.78 Å². The Kier molecular flexibility index (Phi) is 4.86. The van der Waals surface area contributed by atoms with Crippen LogP contribution in [0.2, 0.25) is 0 Å².